The Kier molecular flexibility index (Phi) is 6.98. The maximum absolute atomic E-state index is 14.7. The van der Waals surface area contributed by atoms with Gasteiger partial charge >= 0.3 is 0 Å². The van der Waals surface area contributed by atoms with Gasteiger partial charge in [0.1, 0.15) is 29.6 Å². The summed E-state index contributed by atoms with van der Waals surface area (Å²) < 4.78 is 25.9. The summed E-state index contributed by atoms with van der Waals surface area (Å²) in [7, 11) is 5.54. The highest BCUT2D eigenvalue weighted by atomic mass is 19.1. The lowest BCUT2D eigenvalue weighted by Crippen LogP contribution is -2.19. The second-order valence-corrected chi connectivity index (χ2v) is 10.2. The fraction of sp³-hybridized carbons (Fsp3) is 0.194. The maximum Gasteiger partial charge on any atom is 0.159 e. The molecular weight excluding hydrogens is 521 g/mol. The molecule has 10 heteroatoms. The van der Waals surface area contributed by atoms with Crippen molar-refractivity contribution in [3.8, 4) is 34.1 Å². The third-order valence-electron chi connectivity index (χ3n) is 6.94. The smallest absolute Gasteiger partial charge is 0.159 e. The van der Waals surface area contributed by atoms with Crippen LogP contribution in [0.5, 0.6) is 11.5 Å². The number of aromatic amines is 2. The minimum absolute atomic E-state index is 0.389. The first kappa shape index (κ1) is 26.3. The summed E-state index contributed by atoms with van der Waals surface area (Å²) in [6.45, 7) is 1.16. The molecule has 0 aliphatic heterocycles. The van der Waals surface area contributed by atoms with Crippen LogP contribution < -0.4 is 15.2 Å². The van der Waals surface area contributed by atoms with E-state index >= 15 is 0 Å². The number of aromatic nitrogens is 5. The molecule has 3 heterocycles. The molecule has 9 nitrogen and oxygen atoms in total. The summed E-state index contributed by atoms with van der Waals surface area (Å²) in [5.74, 6) is 1.33. The quantitative estimate of drug-likeness (QED) is 0.250. The number of hydrogen-bond donors (Lipinski definition) is 3. The van der Waals surface area contributed by atoms with Crippen LogP contribution in [0.2, 0.25) is 0 Å². The fourth-order valence-corrected chi connectivity index (χ4v) is 4.85. The molecule has 3 aromatic heterocycles. The van der Waals surface area contributed by atoms with E-state index in [4.69, 9.17) is 20.2 Å². The average Bonchev–Trinajstić information content (AvgIpc) is 3.52. The molecule has 0 spiro atoms. The molecule has 0 amide bonds. The Morgan fingerprint density at radius 1 is 0.976 bits per heavy atom. The van der Waals surface area contributed by atoms with E-state index in [0.717, 1.165) is 33.3 Å². The number of allylic oxidation sites excluding steroid dienone is 3. The van der Waals surface area contributed by atoms with Crippen LogP contribution in [0.1, 0.15) is 17.0 Å². The van der Waals surface area contributed by atoms with E-state index in [9.17, 15) is 4.39 Å². The third kappa shape index (κ3) is 5.42. The van der Waals surface area contributed by atoms with E-state index in [1.54, 1.807) is 19.5 Å². The van der Waals surface area contributed by atoms with Crippen LogP contribution in [0, 0.1) is 5.82 Å². The molecule has 5 aromatic rings. The van der Waals surface area contributed by atoms with Crippen molar-refractivity contribution in [2.24, 2.45) is 5.73 Å². The Morgan fingerprint density at radius 3 is 2.66 bits per heavy atom. The van der Waals surface area contributed by atoms with Gasteiger partial charge in [-0.3, -0.25) is 10.1 Å². The maximum atomic E-state index is 14.7. The van der Waals surface area contributed by atoms with Gasteiger partial charge in [-0.15, -0.1) is 0 Å². The third-order valence-corrected chi connectivity index (χ3v) is 6.94. The van der Waals surface area contributed by atoms with Crippen LogP contribution in [-0.4, -0.2) is 64.4 Å². The zero-order valence-corrected chi connectivity index (χ0v) is 23.0. The van der Waals surface area contributed by atoms with Crippen molar-refractivity contribution in [1.82, 2.24) is 30.0 Å². The van der Waals surface area contributed by atoms with Crippen molar-refractivity contribution in [2.75, 3.05) is 34.4 Å². The Hall–Kier alpha value is -4.96. The van der Waals surface area contributed by atoms with Gasteiger partial charge in [0, 0.05) is 53.1 Å². The first-order valence-corrected chi connectivity index (χ1v) is 13.2. The summed E-state index contributed by atoms with van der Waals surface area (Å²) >= 11 is 0. The molecule has 1 aliphatic rings. The zero-order chi connectivity index (χ0) is 28.5. The van der Waals surface area contributed by atoms with Crippen LogP contribution in [0.4, 0.5) is 4.39 Å². The Bertz CT molecular complexity index is 1800. The van der Waals surface area contributed by atoms with Crippen LogP contribution in [0.25, 0.3) is 39.1 Å². The Labute approximate surface area is 236 Å². The lowest BCUT2D eigenvalue weighted by atomic mass is 10.0. The number of H-pyrrole nitrogens is 2. The molecular formula is C31H30FN7O2. The van der Waals surface area contributed by atoms with Gasteiger partial charge in [0.05, 0.1) is 24.5 Å². The molecule has 0 unspecified atom stereocenters. The van der Waals surface area contributed by atoms with Crippen LogP contribution in [0.3, 0.4) is 0 Å². The van der Waals surface area contributed by atoms with Crippen LogP contribution >= 0.6 is 0 Å². The molecule has 1 aliphatic carbocycles. The molecule has 41 heavy (non-hydrogen) atoms. The molecule has 0 fully saturated rings. The number of pyridine rings is 1. The highest BCUT2D eigenvalue weighted by Gasteiger charge is 2.22. The number of rotatable bonds is 8. The standard InChI is InChI=1S/C31H30FN7O2/c1-39(2)8-9-41-23-11-19(10-21(32)14-23)25-6-5-22(33)15-28-29(25)36-31(35-28)30-26-13-18(4-7-27(26)37-38-30)20-12-24(40-3)17-34-16-20/h4-7,10-14,16-17H,8-9,15,33H2,1-3H3,(H,35,36)(H,37,38). The van der Waals surface area contributed by atoms with Gasteiger partial charge in [0.15, 0.2) is 5.82 Å². The van der Waals surface area contributed by atoms with Crippen molar-refractivity contribution in [2.45, 2.75) is 6.42 Å². The van der Waals surface area contributed by atoms with Crippen LogP contribution in [-0.2, 0) is 6.42 Å². The second kappa shape index (κ2) is 10.9. The van der Waals surface area contributed by atoms with E-state index in [1.807, 2.05) is 61.5 Å². The summed E-state index contributed by atoms with van der Waals surface area (Å²) in [4.78, 5) is 14.7. The predicted molar refractivity (Wildman–Crippen MR) is 157 cm³/mol. The summed E-state index contributed by atoms with van der Waals surface area (Å²) in [5.41, 5.74) is 13.3. The molecule has 6 rings (SSSR count). The van der Waals surface area contributed by atoms with Crippen molar-refractivity contribution in [1.29, 1.82) is 0 Å². The number of fused-ring (bicyclic) bond motifs is 2. The SMILES string of the molecule is COc1cncc(-c2ccc3[nH]nc(-c4nc5c([nH]4)CC(N)=CC=C5c4cc(F)cc(OCCN(C)C)c4)c3c2)c1. The fourth-order valence-electron chi connectivity index (χ4n) is 4.85. The van der Waals surface area contributed by atoms with Gasteiger partial charge in [0.25, 0.3) is 0 Å². The number of likely N-dealkylation sites (N-methyl/N-ethyl adjacent to an activating group) is 1. The molecule has 208 valence electrons. The molecule has 0 saturated heterocycles. The summed E-state index contributed by atoms with van der Waals surface area (Å²) in [5, 5.41) is 8.58. The van der Waals surface area contributed by atoms with Gasteiger partial charge in [-0.1, -0.05) is 12.1 Å². The number of imidazole rings is 1. The number of halogens is 1. The number of benzene rings is 2. The number of nitrogens with two attached hydrogens (primary N) is 1. The second-order valence-electron chi connectivity index (χ2n) is 10.2. The number of hydrogen-bond acceptors (Lipinski definition) is 7. The number of nitrogens with one attached hydrogen (secondary N) is 2. The zero-order valence-electron chi connectivity index (χ0n) is 23.0. The highest BCUT2D eigenvalue weighted by Crippen LogP contribution is 2.35. The van der Waals surface area contributed by atoms with Gasteiger partial charge in [-0.2, -0.15) is 5.10 Å². The molecule has 0 atom stereocenters. The van der Waals surface area contributed by atoms with E-state index in [0.29, 0.717) is 59.5 Å². The van der Waals surface area contributed by atoms with Gasteiger partial charge in [0.2, 0.25) is 0 Å². The highest BCUT2D eigenvalue weighted by molar-refractivity contribution is 5.95. The van der Waals surface area contributed by atoms with E-state index in [2.05, 4.69) is 20.2 Å². The van der Waals surface area contributed by atoms with E-state index < -0.39 is 0 Å². The number of nitrogens with zero attached hydrogens (tertiary/aromatic N) is 4. The predicted octanol–water partition coefficient (Wildman–Crippen LogP) is 4.93. The molecule has 0 bridgehead atoms. The van der Waals surface area contributed by atoms with E-state index in [-0.39, 0.29) is 5.82 Å². The molecule has 4 N–H and O–H groups in total. The Morgan fingerprint density at radius 2 is 1.83 bits per heavy atom. The first-order valence-electron chi connectivity index (χ1n) is 13.2. The topological polar surface area (TPSA) is 118 Å². The van der Waals surface area contributed by atoms with Crippen LogP contribution in [0.15, 0.2) is 72.7 Å². The first-order chi connectivity index (χ1) is 19.9. The summed E-state index contributed by atoms with van der Waals surface area (Å²) in [6.07, 6.45) is 7.64. The largest absolute Gasteiger partial charge is 0.495 e. The number of methoxy groups -OCH3 is 1. The molecule has 0 saturated carbocycles. The van der Waals surface area contributed by atoms with Gasteiger partial charge < -0.3 is 25.1 Å². The summed E-state index contributed by atoms with van der Waals surface area (Å²) in [6, 6.07) is 12.7. The lowest BCUT2D eigenvalue weighted by Gasteiger charge is -2.13. The van der Waals surface area contributed by atoms with Crippen molar-refractivity contribution in [3.63, 3.8) is 0 Å². The number of ether oxygens (including phenoxy) is 2. The minimum Gasteiger partial charge on any atom is -0.495 e. The lowest BCUT2D eigenvalue weighted by molar-refractivity contribution is 0.260. The molecule has 0 radical (unpaired) electrons. The van der Waals surface area contributed by atoms with Crippen molar-refractivity contribution < 1.29 is 13.9 Å². The Balaban J connectivity index is 1.40. The van der Waals surface area contributed by atoms with Crippen molar-refractivity contribution >= 4 is 16.5 Å². The van der Waals surface area contributed by atoms with Crippen molar-refractivity contribution in [3.05, 3.63) is 95.5 Å². The molecule has 2 aromatic carbocycles. The average molecular weight is 552 g/mol. The normalized spacial score (nSPS) is 13.1. The minimum atomic E-state index is -0.389. The van der Waals surface area contributed by atoms with E-state index in [1.165, 1.54) is 12.1 Å². The monoisotopic (exact) mass is 551 g/mol. The van der Waals surface area contributed by atoms with Gasteiger partial charge in [-0.05, 0) is 61.6 Å². The van der Waals surface area contributed by atoms with Gasteiger partial charge in [-0.25, -0.2) is 9.37 Å².